The highest BCUT2D eigenvalue weighted by Gasteiger charge is 2.31. The van der Waals surface area contributed by atoms with Crippen molar-refractivity contribution in [3.05, 3.63) is 42.3 Å². The van der Waals surface area contributed by atoms with Crippen LogP contribution < -0.4 is 0 Å². The first-order valence-corrected chi connectivity index (χ1v) is 4.25. The summed E-state index contributed by atoms with van der Waals surface area (Å²) in [5, 5.41) is 0. The van der Waals surface area contributed by atoms with Gasteiger partial charge in [-0.15, -0.1) is 0 Å². The molecule has 0 bridgehead atoms. The first-order chi connectivity index (χ1) is 6.08. The van der Waals surface area contributed by atoms with Crippen LogP contribution in [0.3, 0.4) is 0 Å². The Hall–Kier alpha value is -1.31. The second kappa shape index (κ2) is 2.59. The number of rotatable bonds is 0. The topological polar surface area (TPSA) is 26.3 Å². The van der Waals surface area contributed by atoms with Crippen LogP contribution in [0.15, 0.2) is 24.3 Å². The predicted octanol–water partition coefficient (Wildman–Crippen LogP) is 1.99. The number of hydrogen-bond acceptors (Lipinski definition) is 2. The Morgan fingerprint density at radius 3 is 2.92 bits per heavy atom. The minimum Gasteiger partial charge on any atom is -0.455 e. The van der Waals surface area contributed by atoms with Gasteiger partial charge < -0.3 is 4.74 Å². The highest BCUT2D eigenvalue weighted by molar-refractivity contribution is 5.92. The number of esters is 1. The monoisotopic (exact) mass is 175 g/mol. The lowest BCUT2D eigenvalue weighted by Gasteiger charge is -2.30. The Bertz CT molecular complexity index is 353. The molecule has 0 saturated heterocycles. The fourth-order valence-corrected chi connectivity index (χ4v) is 1.59. The van der Waals surface area contributed by atoms with Gasteiger partial charge in [0, 0.05) is 6.42 Å². The number of hydrogen-bond donors (Lipinski definition) is 0. The summed E-state index contributed by atoms with van der Waals surface area (Å²) in [6.45, 7) is 5.66. The molecule has 2 nitrogen and oxygen atoms in total. The van der Waals surface area contributed by atoms with Crippen LogP contribution in [0.4, 0.5) is 0 Å². The Morgan fingerprint density at radius 2 is 2.15 bits per heavy atom. The lowest BCUT2D eigenvalue weighted by molar-refractivity contribution is 0.00454. The highest BCUT2D eigenvalue weighted by Crippen LogP contribution is 2.26. The molecule has 0 fully saturated rings. The zero-order valence-corrected chi connectivity index (χ0v) is 7.54. The van der Waals surface area contributed by atoms with Gasteiger partial charge in [-0.25, -0.2) is 4.79 Å². The largest absolute Gasteiger partial charge is 0.455 e. The molecule has 0 N–H and O–H groups in total. The van der Waals surface area contributed by atoms with Gasteiger partial charge in [0.1, 0.15) is 5.60 Å². The molecule has 0 amide bonds. The molecule has 0 spiro atoms. The summed E-state index contributed by atoms with van der Waals surface area (Å²) in [5.41, 5.74) is 1.09. The van der Waals surface area contributed by atoms with Crippen LogP contribution in [0.1, 0.15) is 22.8 Å². The SMILES string of the molecule is [CH2]C1(C)Cc2ccccc2C(=O)O1. The molecule has 0 aromatic heterocycles. The third-order valence-electron chi connectivity index (χ3n) is 2.14. The van der Waals surface area contributed by atoms with Gasteiger partial charge >= 0.3 is 5.97 Å². The Balaban J connectivity index is 2.49. The van der Waals surface area contributed by atoms with Crippen molar-refractivity contribution in [2.45, 2.75) is 18.9 Å². The van der Waals surface area contributed by atoms with Gasteiger partial charge in [-0.3, -0.25) is 0 Å². The highest BCUT2D eigenvalue weighted by atomic mass is 16.6. The molecule has 1 aliphatic rings. The minimum absolute atomic E-state index is 0.264. The Morgan fingerprint density at radius 1 is 1.46 bits per heavy atom. The number of carbonyl (C=O) groups excluding carboxylic acids is 1. The lowest BCUT2D eigenvalue weighted by Crippen LogP contribution is -2.36. The first kappa shape index (κ1) is 8.30. The van der Waals surface area contributed by atoms with Crippen molar-refractivity contribution in [1.29, 1.82) is 0 Å². The molecule has 1 atom stereocenters. The van der Waals surface area contributed by atoms with Crippen molar-refractivity contribution < 1.29 is 9.53 Å². The maximum absolute atomic E-state index is 11.4. The van der Waals surface area contributed by atoms with E-state index in [1.807, 2.05) is 25.1 Å². The molecule has 1 aliphatic heterocycles. The molecule has 1 radical (unpaired) electrons. The summed E-state index contributed by atoms with van der Waals surface area (Å²) >= 11 is 0. The van der Waals surface area contributed by atoms with Gasteiger partial charge in [-0.2, -0.15) is 0 Å². The summed E-state index contributed by atoms with van der Waals surface area (Å²) < 4.78 is 5.15. The maximum atomic E-state index is 11.4. The zero-order valence-electron chi connectivity index (χ0n) is 7.54. The van der Waals surface area contributed by atoms with Gasteiger partial charge in [-0.05, 0) is 25.5 Å². The number of fused-ring (bicyclic) bond motifs is 1. The van der Waals surface area contributed by atoms with Crippen molar-refractivity contribution in [3.63, 3.8) is 0 Å². The van der Waals surface area contributed by atoms with Crippen LogP contribution in [0.25, 0.3) is 0 Å². The third kappa shape index (κ3) is 1.44. The first-order valence-electron chi connectivity index (χ1n) is 4.25. The lowest BCUT2D eigenvalue weighted by atomic mass is 9.92. The molecule has 1 unspecified atom stereocenters. The normalized spacial score (nSPS) is 19.1. The maximum Gasteiger partial charge on any atom is 0.338 e. The van der Waals surface area contributed by atoms with E-state index in [0.29, 0.717) is 12.0 Å². The molecule has 67 valence electrons. The molecule has 13 heavy (non-hydrogen) atoms. The van der Waals surface area contributed by atoms with E-state index in [-0.39, 0.29) is 5.97 Å². The minimum atomic E-state index is -0.606. The molecular formula is C11H11O2. The van der Waals surface area contributed by atoms with Crippen LogP contribution in [0, 0.1) is 6.92 Å². The van der Waals surface area contributed by atoms with E-state index in [1.165, 1.54) is 0 Å². The van der Waals surface area contributed by atoms with Crippen molar-refractivity contribution in [2.75, 3.05) is 0 Å². The molecular weight excluding hydrogens is 164 g/mol. The van der Waals surface area contributed by atoms with Crippen LogP contribution in [0.2, 0.25) is 0 Å². The second-order valence-corrected chi connectivity index (χ2v) is 3.67. The second-order valence-electron chi connectivity index (χ2n) is 3.67. The fraction of sp³-hybridized carbons (Fsp3) is 0.273. The summed E-state index contributed by atoms with van der Waals surface area (Å²) in [4.78, 5) is 11.4. The average molecular weight is 175 g/mol. The van der Waals surface area contributed by atoms with E-state index in [9.17, 15) is 4.79 Å². The fourth-order valence-electron chi connectivity index (χ4n) is 1.59. The van der Waals surface area contributed by atoms with E-state index < -0.39 is 5.60 Å². The summed E-state index contributed by atoms with van der Waals surface area (Å²) in [6, 6.07) is 7.49. The van der Waals surface area contributed by atoms with E-state index in [0.717, 1.165) is 5.56 Å². The number of carbonyl (C=O) groups is 1. The number of cyclic esters (lactones) is 1. The van der Waals surface area contributed by atoms with E-state index in [1.54, 1.807) is 6.07 Å². The summed E-state index contributed by atoms with van der Waals surface area (Å²) in [6.07, 6.45) is 0.689. The molecule has 1 heterocycles. The van der Waals surface area contributed by atoms with E-state index >= 15 is 0 Å². The molecule has 2 heteroatoms. The van der Waals surface area contributed by atoms with Gasteiger partial charge in [-0.1, -0.05) is 18.2 Å². The van der Waals surface area contributed by atoms with Crippen molar-refractivity contribution in [3.8, 4) is 0 Å². The average Bonchev–Trinajstić information content (AvgIpc) is 2.02. The third-order valence-corrected chi connectivity index (χ3v) is 2.14. The number of ether oxygens (including phenoxy) is 1. The summed E-state index contributed by atoms with van der Waals surface area (Å²) in [7, 11) is 0. The molecule has 0 aliphatic carbocycles. The smallest absolute Gasteiger partial charge is 0.338 e. The molecule has 1 aromatic carbocycles. The van der Waals surface area contributed by atoms with Gasteiger partial charge in [0.15, 0.2) is 0 Å². The van der Waals surface area contributed by atoms with Gasteiger partial charge in [0.25, 0.3) is 0 Å². The van der Waals surface area contributed by atoms with Gasteiger partial charge in [0.2, 0.25) is 0 Å². The summed E-state index contributed by atoms with van der Waals surface area (Å²) in [5.74, 6) is -0.264. The van der Waals surface area contributed by atoms with Crippen LogP contribution in [-0.4, -0.2) is 11.6 Å². The van der Waals surface area contributed by atoms with Crippen molar-refractivity contribution >= 4 is 5.97 Å². The van der Waals surface area contributed by atoms with Gasteiger partial charge in [0.05, 0.1) is 5.56 Å². The molecule has 2 rings (SSSR count). The van der Waals surface area contributed by atoms with Crippen molar-refractivity contribution in [2.24, 2.45) is 0 Å². The van der Waals surface area contributed by atoms with E-state index in [2.05, 4.69) is 6.92 Å². The quantitative estimate of drug-likeness (QED) is 0.564. The van der Waals surface area contributed by atoms with Crippen LogP contribution in [0.5, 0.6) is 0 Å². The standard InChI is InChI=1S/C11H11O2/c1-11(2)7-8-5-3-4-6-9(8)10(12)13-11/h3-6H,1,7H2,2H3. The Kier molecular flexibility index (Phi) is 1.65. The van der Waals surface area contributed by atoms with Crippen LogP contribution >= 0.6 is 0 Å². The Labute approximate surface area is 77.5 Å². The predicted molar refractivity (Wildman–Crippen MR) is 49.3 cm³/mol. The molecule has 1 aromatic rings. The number of benzene rings is 1. The van der Waals surface area contributed by atoms with Crippen molar-refractivity contribution in [1.82, 2.24) is 0 Å². The van der Waals surface area contributed by atoms with E-state index in [4.69, 9.17) is 4.74 Å². The molecule has 0 saturated carbocycles. The zero-order chi connectivity index (χ0) is 9.47. The van der Waals surface area contributed by atoms with Crippen LogP contribution in [-0.2, 0) is 11.2 Å².